The van der Waals surface area contributed by atoms with E-state index in [2.05, 4.69) is 57.2 Å². The van der Waals surface area contributed by atoms with Crippen LogP contribution in [0.3, 0.4) is 0 Å². The summed E-state index contributed by atoms with van der Waals surface area (Å²) < 4.78 is 16.9. The van der Waals surface area contributed by atoms with Crippen LogP contribution in [0.5, 0.6) is 0 Å². The molecule has 416 valence electrons. The Morgan fingerprint density at radius 3 is 0.817 bits per heavy atom. The molecular formula is C65H120O6. The number of carbonyl (C=O) groups is 3. The van der Waals surface area contributed by atoms with E-state index in [0.29, 0.717) is 19.3 Å². The van der Waals surface area contributed by atoms with E-state index in [4.69, 9.17) is 14.2 Å². The van der Waals surface area contributed by atoms with Crippen LogP contribution in [0.2, 0.25) is 0 Å². The zero-order chi connectivity index (χ0) is 51.4. The van der Waals surface area contributed by atoms with Crippen LogP contribution in [-0.2, 0) is 28.6 Å². The van der Waals surface area contributed by atoms with E-state index in [9.17, 15) is 14.4 Å². The van der Waals surface area contributed by atoms with Gasteiger partial charge in [-0.2, -0.15) is 0 Å². The van der Waals surface area contributed by atoms with Crippen LogP contribution in [-0.4, -0.2) is 37.2 Å². The van der Waals surface area contributed by atoms with Gasteiger partial charge in [-0.3, -0.25) is 14.4 Å². The summed E-state index contributed by atoms with van der Waals surface area (Å²) in [6.45, 7) is 6.66. The first-order valence-electron chi connectivity index (χ1n) is 31.5. The highest BCUT2D eigenvalue weighted by Gasteiger charge is 2.19. The molecule has 0 amide bonds. The molecule has 0 fully saturated rings. The molecule has 0 aromatic rings. The van der Waals surface area contributed by atoms with Crippen LogP contribution < -0.4 is 0 Å². The molecule has 0 aliphatic rings. The highest BCUT2D eigenvalue weighted by Crippen LogP contribution is 2.17. The van der Waals surface area contributed by atoms with E-state index in [1.165, 1.54) is 238 Å². The summed E-state index contributed by atoms with van der Waals surface area (Å²) in [5, 5.41) is 0. The van der Waals surface area contributed by atoms with Gasteiger partial charge in [-0.15, -0.1) is 0 Å². The predicted molar refractivity (Wildman–Crippen MR) is 307 cm³/mol. The molecule has 0 rings (SSSR count). The number of hydrogen-bond donors (Lipinski definition) is 0. The Bertz CT molecular complexity index is 1190. The van der Waals surface area contributed by atoms with Gasteiger partial charge in [0.15, 0.2) is 6.10 Å². The van der Waals surface area contributed by atoms with Gasteiger partial charge in [0, 0.05) is 19.3 Å². The van der Waals surface area contributed by atoms with Crippen LogP contribution in [0.1, 0.15) is 342 Å². The number of hydrogen-bond acceptors (Lipinski definition) is 6. The molecule has 0 N–H and O–H groups in total. The van der Waals surface area contributed by atoms with E-state index >= 15 is 0 Å². The standard InChI is InChI=1S/C65H120O6/c1-4-7-10-13-16-19-22-25-27-29-31-32-34-35-37-40-43-46-49-52-55-58-64(67)70-61-62(60-69-63(66)57-54-51-48-45-42-39-24-21-18-15-12-9-6-3)71-65(68)59-56-53-50-47-44-41-38-36-33-30-28-26-23-20-17-14-11-8-5-2/h17,20,25-28,62H,4-16,18-19,21-24,29-61H2,1-3H3/b20-17-,27-25-,28-26-/t62-/m0/s1. The maximum atomic E-state index is 12.9. The first-order valence-corrected chi connectivity index (χ1v) is 31.5. The summed E-state index contributed by atoms with van der Waals surface area (Å²) >= 11 is 0. The molecule has 6 heteroatoms. The van der Waals surface area contributed by atoms with Crippen LogP contribution in [0.15, 0.2) is 36.5 Å². The van der Waals surface area contributed by atoms with E-state index in [0.717, 1.165) is 64.2 Å². The van der Waals surface area contributed by atoms with E-state index < -0.39 is 6.10 Å². The molecule has 0 bridgehead atoms. The molecule has 71 heavy (non-hydrogen) atoms. The maximum Gasteiger partial charge on any atom is 0.306 e. The number of unbranched alkanes of at least 4 members (excludes halogenated alkanes) is 41. The Labute approximate surface area is 442 Å². The van der Waals surface area contributed by atoms with Crippen molar-refractivity contribution >= 4 is 17.9 Å². The zero-order valence-electron chi connectivity index (χ0n) is 47.8. The van der Waals surface area contributed by atoms with Crippen molar-refractivity contribution in [2.45, 2.75) is 348 Å². The van der Waals surface area contributed by atoms with E-state index in [1.54, 1.807) is 0 Å². The molecule has 0 heterocycles. The van der Waals surface area contributed by atoms with E-state index in [-0.39, 0.29) is 31.1 Å². The van der Waals surface area contributed by atoms with Crippen LogP contribution in [0.25, 0.3) is 0 Å². The van der Waals surface area contributed by atoms with Crippen LogP contribution in [0, 0.1) is 0 Å². The molecule has 0 spiro atoms. The van der Waals surface area contributed by atoms with Gasteiger partial charge in [-0.05, 0) is 77.0 Å². The van der Waals surface area contributed by atoms with Crippen LogP contribution in [0.4, 0.5) is 0 Å². The topological polar surface area (TPSA) is 78.9 Å². The van der Waals surface area contributed by atoms with Crippen molar-refractivity contribution in [1.29, 1.82) is 0 Å². The Hall–Kier alpha value is -2.37. The molecule has 0 aromatic carbocycles. The van der Waals surface area contributed by atoms with Gasteiger partial charge in [0.2, 0.25) is 0 Å². The lowest BCUT2D eigenvalue weighted by Crippen LogP contribution is -2.30. The Balaban J connectivity index is 4.30. The maximum absolute atomic E-state index is 12.9. The molecule has 6 nitrogen and oxygen atoms in total. The third kappa shape index (κ3) is 58.4. The second kappa shape index (κ2) is 60.2. The number of allylic oxidation sites excluding steroid dienone is 6. The number of ether oxygens (including phenoxy) is 3. The summed E-state index contributed by atoms with van der Waals surface area (Å²) in [6, 6.07) is 0. The summed E-state index contributed by atoms with van der Waals surface area (Å²) in [5.41, 5.74) is 0. The molecule has 0 aromatic heterocycles. The summed E-state index contributed by atoms with van der Waals surface area (Å²) in [4.78, 5) is 38.3. The molecule has 0 aliphatic carbocycles. The zero-order valence-corrected chi connectivity index (χ0v) is 47.8. The molecule has 1 atom stereocenters. The lowest BCUT2D eigenvalue weighted by atomic mass is 10.0. The molecule has 0 unspecified atom stereocenters. The minimum atomic E-state index is -0.772. The second-order valence-electron chi connectivity index (χ2n) is 21.3. The van der Waals surface area contributed by atoms with Gasteiger partial charge in [-0.1, -0.05) is 282 Å². The lowest BCUT2D eigenvalue weighted by molar-refractivity contribution is -0.167. The van der Waals surface area contributed by atoms with E-state index in [1.807, 2.05) is 0 Å². The van der Waals surface area contributed by atoms with Crippen LogP contribution >= 0.6 is 0 Å². The average molecular weight is 998 g/mol. The van der Waals surface area contributed by atoms with Gasteiger partial charge >= 0.3 is 17.9 Å². The van der Waals surface area contributed by atoms with Crippen molar-refractivity contribution in [3.8, 4) is 0 Å². The molecule has 0 saturated heterocycles. The van der Waals surface area contributed by atoms with Gasteiger partial charge in [0.25, 0.3) is 0 Å². The molecule has 0 radical (unpaired) electrons. The first kappa shape index (κ1) is 68.6. The van der Waals surface area contributed by atoms with Crippen molar-refractivity contribution in [3.63, 3.8) is 0 Å². The Morgan fingerprint density at radius 1 is 0.282 bits per heavy atom. The Kier molecular flexibility index (Phi) is 58.2. The predicted octanol–water partition coefficient (Wildman–Crippen LogP) is 21.2. The largest absolute Gasteiger partial charge is 0.462 e. The van der Waals surface area contributed by atoms with Gasteiger partial charge < -0.3 is 14.2 Å². The Morgan fingerprint density at radius 2 is 0.507 bits per heavy atom. The highest BCUT2D eigenvalue weighted by molar-refractivity contribution is 5.71. The average Bonchev–Trinajstić information content (AvgIpc) is 3.37. The fourth-order valence-electron chi connectivity index (χ4n) is 9.35. The summed E-state index contributed by atoms with van der Waals surface area (Å²) in [5.74, 6) is -0.852. The fourth-order valence-corrected chi connectivity index (χ4v) is 9.35. The highest BCUT2D eigenvalue weighted by atomic mass is 16.6. The SMILES string of the molecule is CCCCC/C=C\C/C=C\CCCCCCCCCCCC(=O)O[C@H](COC(=O)CCCCCCCCCCCCC/C=C\CCCCCCCC)COC(=O)CCCCCCCCCCCCCCC. The number of rotatable bonds is 58. The van der Waals surface area contributed by atoms with Gasteiger partial charge in [-0.25, -0.2) is 0 Å². The van der Waals surface area contributed by atoms with Gasteiger partial charge in [0.05, 0.1) is 0 Å². The third-order valence-electron chi connectivity index (χ3n) is 14.1. The van der Waals surface area contributed by atoms with Crippen molar-refractivity contribution in [1.82, 2.24) is 0 Å². The van der Waals surface area contributed by atoms with Crippen molar-refractivity contribution in [2.75, 3.05) is 13.2 Å². The summed E-state index contributed by atoms with van der Waals surface area (Å²) in [7, 11) is 0. The number of carbonyl (C=O) groups excluding carboxylic acids is 3. The second-order valence-corrected chi connectivity index (χ2v) is 21.3. The molecule has 0 saturated carbocycles. The van der Waals surface area contributed by atoms with Crippen molar-refractivity contribution in [2.24, 2.45) is 0 Å². The summed E-state index contributed by atoms with van der Waals surface area (Å²) in [6.07, 6.45) is 72.8. The normalized spacial score (nSPS) is 12.2. The molecular weight excluding hydrogens is 877 g/mol. The lowest BCUT2D eigenvalue weighted by Gasteiger charge is -2.18. The monoisotopic (exact) mass is 997 g/mol. The minimum absolute atomic E-state index is 0.0696. The molecule has 0 aliphatic heterocycles. The minimum Gasteiger partial charge on any atom is -0.462 e. The van der Waals surface area contributed by atoms with Gasteiger partial charge in [0.1, 0.15) is 13.2 Å². The first-order chi connectivity index (χ1) is 35.0. The van der Waals surface area contributed by atoms with Crippen molar-refractivity contribution < 1.29 is 28.6 Å². The van der Waals surface area contributed by atoms with Crippen molar-refractivity contribution in [3.05, 3.63) is 36.5 Å². The number of esters is 3. The quantitative estimate of drug-likeness (QED) is 0.0261. The third-order valence-corrected chi connectivity index (χ3v) is 14.1. The smallest absolute Gasteiger partial charge is 0.306 e. The fraction of sp³-hybridized carbons (Fsp3) is 0.862.